The average molecular weight is 377 g/mol. The Labute approximate surface area is 164 Å². The molecule has 1 aliphatic heterocycles. The van der Waals surface area contributed by atoms with Crippen LogP contribution in [0.25, 0.3) is 5.69 Å². The summed E-state index contributed by atoms with van der Waals surface area (Å²) in [6.45, 7) is 7.35. The number of benzene rings is 1. The van der Waals surface area contributed by atoms with Gasteiger partial charge in [0.2, 0.25) is 6.79 Å². The van der Waals surface area contributed by atoms with Gasteiger partial charge in [-0.2, -0.15) is 0 Å². The standard InChI is InChI=1S/C22H23N3O3/c1-4-24(13-17-7-8-20-21(11-17)28-14-27-20)22(26)19-10-15(2)25(16(19)3)18-6-5-9-23-12-18/h5-12H,4,13-14H2,1-3H3. The van der Waals surface area contributed by atoms with Crippen molar-refractivity contribution in [2.24, 2.45) is 0 Å². The quantitative estimate of drug-likeness (QED) is 0.677. The second kappa shape index (κ2) is 7.38. The summed E-state index contributed by atoms with van der Waals surface area (Å²) in [5.74, 6) is 1.50. The zero-order valence-corrected chi connectivity index (χ0v) is 16.3. The minimum atomic E-state index is 0.0170. The first kappa shape index (κ1) is 18.1. The summed E-state index contributed by atoms with van der Waals surface area (Å²) in [5.41, 5.74) is 4.60. The fourth-order valence-corrected chi connectivity index (χ4v) is 3.62. The van der Waals surface area contributed by atoms with Crippen LogP contribution in [0.2, 0.25) is 0 Å². The molecule has 1 aliphatic rings. The van der Waals surface area contributed by atoms with E-state index in [1.807, 2.05) is 62.1 Å². The molecule has 0 N–H and O–H groups in total. The Kier molecular flexibility index (Phi) is 4.77. The van der Waals surface area contributed by atoms with E-state index in [2.05, 4.69) is 9.55 Å². The first-order valence-electron chi connectivity index (χ1n) is 9.35. The van der Waals surface area contributed by atoms with Crippen LogP contribution in [-0.4, -0.2) is 33.7 Å². The molecule has 6 heteroatoms. The maximum atomic E-state index is 13.3. The van der Waals surface area contributed by atoms with Crippen molar-refractivity contribution in [1.29, 1.82) is 0 Å². The Morgan fingerprint density at radius 3 is 2.75 bits per heavy atom. The van der Waals surface area contributed by atoms with Gasteiger partial charge in [0.15, 0.2) is 11.5 Å². The third-order valence-corrected chi connectivity index (χ3v) is 5.05. The van der Waals surface area contributed by atoms with Crippen molar-refractivity contribution in [1.82, 2.24) is 14.5 Å². The van der Waals surface area contributed by atoms with Gasteiger partial charge < -0.3 is 18.9 Å². The number of ether oxygens (including phenoxy) is 2. The van der Waals surface area contributed by atoms with Gasteiger partial charge in [-0.05, 0) is 56.7 Å². The van der Waals surface area contributed by atoms with Crippen LogP contribution in [0.1, 0.15) is 34.2 Å². The van der Waals surface area contributed by atoms with E-state index in [0.717, 1.165) is 34.1 Å². The molecule has 0 fully saturated rings. The van der Waals surface area contributed by atoms with E-state index in [-0.39, 0.29) is 12.7 Å². The summed E-state index contributed by atoms with van der Waals surface area (Å²) in [4.78, 5) is 19.3. The summed E-state index contributed by atoms with van der Waals surface area (Å²) in [6, 6.07) is 11.6. The Bertz CT molecular complexity index is 1010. The maximum Gasteiger partial charge on any atom is 0.255 e. The number of pyridine rings is 1. The van der Waals surface area contributed by atoms with E-state index >= 15 is 0 Å². The van der Waals surface area contributed by atoms with Gasteiger partial charge >= 0.3 is 0 Å². The van der Waals surface area contributed by atoms with E-state index in [0.29, 0.717) is 18.7 Å². The lowest BCUT2D eigenvalue weighted by Gasteiger charge is -2.21. The first-order chi connectivity index (χ1) is 13.6. The number of rotatable bonds is 5. The Morgan fingerprint density at radius 1 is 1.18 bits per heavy atom. The monoisotopic (exact) mass is 377 g/mol. The van der Waals surface area contributed by atoms with Crippen LogP contribution in [0, 0.1) is 13.8 Å². The highest BCUT2D eigenvalue weighted by atomic mass is 16.7. The highest BCUT2D eigenvalue weighted by Crippen LogP contribution is 2.33. The molecule has 1 amide bonds. The molecule has 3 heterocycles. The number of amides is 1. The molecule has 0 spiro atoms. The number of fused-ring (bicyclic) bond motifs is 1. The number of nitrogens with zero attached hydrogens (tertiary/aromatic N) is 3. The zero-order chi connectivity index (χ0) is 19.7. The van der Waals surface area contributed by atoms with Crippen LogP contribution in [0.3, 0.4) is 0 Å². The van der Waals surface area contributed by atoms with Gasteiger partial charge in [-0.15, -0.1) is 0 Å². The predicted molar refractivity (Wildman–Crippen MR) is 106 cm³/mol. The van der Waals surface area contributed by atoms with Crippen molar-refractivity contribution in [3.63, 3.8) is 0 Å². The van der Waals surface area contributed by atoms with Gasteiger partial charge in [0.1, 0.15) is 0 Å². The molecule has 2 aromatic heterocycles. The maximum absolute atomic E-state index is 13.3. The average Bonchev–Trinajstić information content (AvgIpc) is 3.29. The Morgan fingerprint density at radius 2 is 2.00 bits per heavy atom. The summed E-state index contributed by atoms with van der Waals surface area (Å²) in [7, 11) is 0. The predicted octanol–water partition coefficient (Wildman–Crippen LogP) is 3.88. The fourth-order valence-electron chi connectivity index (χ4n) is 3.62. The molecule has 144 valence electrons. The van der Waals surface area contributed by atoms with Crippen LogP contribution in [0.15, 0.2) is 48.8 Å². The van der Waals surface area contributed by atoms with E-state index in [1.165, 1.54) is 0 Å². The summed E-state index contributed by atoms with van der Waals surface area (Å²) in [6.07, 6.45) is 3.55. The molecule has 1 aromatic carbocycles. The van der Waals surface area contributed by atoms with E-state index in [4.69, 9.17) is 9.47 Å². The molecule has 4 rings (SSSR count). The van der Waals surface area contributed by atoms with Crippen molar-refractivity contribution in [2.75, 3.05) is 13.3 Å². The van der Waals surface area contributed by atoms with Crippen LogP contribution in [-0.2, 0) is 6.54 Å². The smallest absolute Gasteiger partial charge is 0.255 e. The van der Waals surface area contributed by atoms with Crippen LogP contribution < -0.4 is 9.47 Å². The Balaban J connectivity index is 1.61. The van der Waals surface area contributed by atoms with Crippen molar-refractivity contribution >= 4 is 5.91 Å². The molecule has 0 atom stereocenters. The summed E-state index contributed by atoms with van der Waals surface area (Å²) < 4.78 is 12.9. The second-order valence-electron chi connectivity index (χ2n) is 6.84. The van der Waals surface area contributed by atoms with Gasteiger partial charge in [-0.3, -0.25) is 9.78 Å². The molecule has 3 aromatic rings. The molecule has 0 radical (unpaired) electrons. The van der Waals surface area contributed by atoms with Crippen molar-refractivity contribution in [2.45, 2.75) is 27.3 Å². The molecule has 6 nitrogen and oxygen atoms in total. The minimum Gasteiger partial charge on any atom is -0.454 e. The largest absolute Gasteiger partial charge is 0.454 e. The molecule has 0 saturated heterocycles. The van der Waals surface area contributed by atoms with Gasteiger partial charge in [-0.1, -0.05) is 6.07 Å². The lowest BCUT2D eigenvalue weighted by atomic mass is 10.1. The molecular formula is C22H23N3O3. The van der Waals surface area contributed by atoms with Gasteiger partial charge in [0, 0.05) is 30.7 Å². The van der Waals surface area contributed by atoms with Crippen LogP contribution in [0.4, 0.5) is 0 Å². The van der Waals surface area contributed by atoms with E-state index < -0.39 is 0 Å². The first-order valence-corrected chi connectivity index (χ1v) is 9.35. The normalized spacial score (nSPS) is 12.2. The van der Waals surface area contributed by atoms with E-state index in [9.17, 15) is 4.79 Å². The minimum absolute atomic E-state index is 0.0170. The van der Waals surface area contributed by atoms with E-state index in [1.54, 1.807) is 12.4 Å². The van der Waals surface area contributed by atoms with Gasteiger partial charge in [0.05, 0.1) is 17.4 Å². The van der Waals surface area contributed by atoms with Crippen molar-refractivity contribution in [3.05, 3.63) is 71.3 Å². The lowest BCUT2D eigenvalue weighted by molar-refractivity contribution is 0.0751. The van der Waals surface area contributed by atoms with Crippen molar-refractivity contribution in [3.8, 4) is 17.2 Å². The number of carbonyl (C=O) groups excluding carboxylic acids is 1. The van der Waals surface area contributed by atoms with Crippen LogP contribution >= 0.6 is 0 Å². The highest BCUT2D eigenvalue weighted by Gasteiger charge is 2.22. The van der Waals surface area contributed by atoms with Crippen LogP contribution in [0.5, 0.6) is 11.5 Å². The molecular weight excluding hydrogens is 354 g/mol. The molecule has 28 heavy (non-hydrogen) atoms. The topological polar surface area (TPSA) is 56.6 Å². The number of carbonyl (C=O) groups is 1. The van der Waals surface area contributed by atoms with Gasteiger partial charge in [0.25, 0.3) is 5.91 Å². The lowest BCUT2D eigenvalue weighted by Crippen LogP contribution is -2.30. The highest BCUT2D eigenvalue weighted by molar-refractivity contribution is 5.96. The summed E-state index contributed by atoms with van der Waals surface area (Å²) >= 11 is 0. The number of hydrogen-bond acceptors (Lipinski definition) is 4. The summed E-state index contributed by atoms with van der Waals surface area (Å²) in [5, 5.41) is 0. The van der Waals surface area contributed by atoms with Gasteiger partial charge in [-0.25, -0.2) is 0 Å². The molecule has 0 unspecified atom stereocenters. The number of hydrogen-bond donors (Lipinski definition) is 0. The van der Waals surface area contributed by atoms with Crippen molar-refractivity contribution < 1.29 is 14.3 Å². The fraction of sp³-hybridized carbons (Fsp3) is 0.273. The number of aryl methyl sites for hydroxylation is 1. The third kappa shape index (κ3) is 3.22. The number of aromatic nitrogens is 2. The SMILES string of the molecule is CCN(Cc1ccc2c(c1)OCO2)C(=O)c1cc(C)n(-c2cccnc2)c1C. The zero-order valence-electron chi connectivity index (χ0n) is 16.3. The molecule has 0 saturated carbocycles. The Hall–Kier alpha value is -3.28. The third-order valence-electron chi connectivity index (χ3n) is 5.05. The second-order valence-corrected chi connectivity index (χ2v) is 6.84. The molecule has 0 aliphatic carbocycles. The molecule has 0 bridgehead atoms.